The summed E-state index contributed by atoms with van der Waals surface area (Å²) in [4.78, 5) is 6.76. The van der Waals surface area contributed by atoms with E-state index in [0.717, 1.165) is 36.1 Å². The molecule has 2 N–H and O–H groups in total. The van der Waals surface area contributed by atoms with Crippen molar-refractivity contribution >= 4 is 17.4 Å². The van der Waals surface area contributed by atoms with Gasteiger partial charge in [0.1, 0.15) is 0 Å². The van der Waals surface area contributed by atoms with Crippen LogP contribution in [0.1, 0.15) is 19.4 Å². The van der Waals surface area contributed by atoms with E-state index in [4.69, 9.17) is 5.73 Å². The molecule has 0 unspecified atom stereocenters. The van der Waals surface area contributed by atoms with E-state index in [9.17, 15) is 0 Å². The number of aromatic nitrogens is 1. The van der Waals surface area contributed by atoms with E-state index in [2.05, 4.69) is 30.7 Å². The highest BCUT2D eigenvalue weighted by molar-refractivity contribution is 7.99. The molecule has 0 saturated heterocycles. The Morgan fingerprint density at radius 1 is 1.38 bits per heavy atom. The molecule has 4 heteroatoms. The third-order valence-corrected chi connectivity index (χ3v) is 3.68. The smallest absolute Gasteiger partial charge is 0.0991 e. The van der Waals surface area contributed by atoms with Gasteiger partial charge in [-0.05, 0) is 31.6 Å². The molecule has 1 heterocycles. The van der Waals surface area contributed by atoms with Gasteiger partial charge >= 0.3 is 0 Å². The molecule has 3 nitrogen and oxygen atoms in total. The van der Waals surface area contributed by atoms with Gasteiger partial charge in [0.15, 0.2) is 0 Å². The first-order chi connectivity index (χ1) is 7.67. The standard InChI is InChI=1S/C12H21N3S/c1-4-15(5-2)6-7-16-12-10(3)8-11(13)9-14-12/h8-9H,4-7,13H2,1-3H3. The minimum Gasteiger partial charge on any atom is -0.397 e. The Balaban J connectivity index is 2.42. The summed E-state index contributed by atoms with van der Waals surface area (Å²) >= 11 is 1.81. The number of nitrogens with two attached hydrogens (primary N) is 1. The fourth-order valence-corrected chi connectivity index (χ4v) is 2.50. The number of hydrogen-bond acceptors (Lipinski definition) is 4. The number of thioether (sulfide) groups is 1. The van der Waals surface area contributed by atoms with E-state index in [-0.39, 0.29) is 0 Å². The van der Waals surface area contributed by atoms with E-state index in [1.165, 1.54) is 5.56 Å². The maximum Gasteiger partial charge on any atom is 0.0991 e. The predicted molar refractivity (Wildman–Crippen MR) is 71.9 cm³/mol. The molecule has 1 aromatic rings. The SMILES string of the molecule is CCN(CC)CCSc1ncc(N)cc1C. The fourth-order valence-electron chi connectivity index (χ4n) is 1.55. The maximum atomic E-state index is 5.67. The molecule has 0 aliphatic carbocycles. The van der Waals surface area contributed by atoms with Crippen molar-refractivity contribution in [1.29, 1.82) is 0 Å². The van der Waals surface area contributed by atoms with Crippen LogP contribution in [0.2, 0.25) is 0 Å². The second-order valence-electron chi connectivity index (χ2n) is 3.77. The minimum absolute atomic E-state index is 0.741. The average Bonchev–Trinajstić information content (AvgIpc) is 2.27. The third-order valence-electron chi connectivity index (χ3n) is 2.59. The van der Waals surface area contributed by atoms with Gasteiger partial charge in [0.05, 0.1) is 16.9 Å². The molecular formula is C12H21N3S. The van der Waals surface area contributed by atoms with Crippen molar-refractivity contribution in [3.05, 3.63) is 17.8 Å². The highest BCUT2D eigenvalue weighted by atomic mass is 32.2. The molecule has 0 atom stereocenters. The van der Waals surface area contributed by atoms with Gasteiger partial charge in [-0.3, -0.25) is 0 Å². The van der Waals surface area contributed by atoms with Crippen LogP contribution in [0.4, 0.5) is 5.69 Å². The predicted octanol–water partition coefficient (Wildman–Crippen LogP) is 2.41. The summed E-state index contributed by atoms with van der Waals surface area (Å²) < 4.78 is 0. The zero-order valence-corrected chi connectivity index (χ0v) is 11.2. The lowest BCUT2D eigenvalue weighted by molar-refractivity contribution is 0.324. The van der Waals surface area contributed by atoms with Gasteiger partial charge in [0, 0.05) is 12.3 Å². The number of pyridine rings is 1. The summed E-state index contributed by atoms with van der Waals surface area (Å²) in [5.74, 6) is 1.08. The topological polar surface area (TPSA) is 42.2 Å². The summed E-state index contributed by atoms with van der Waals surface area (Å²) in [6.45, 7) is 9.80. The molecule has 0 radical (unpaired) electrons. The number of rotatable bonds is 6. The maximum absolute atomic E-state index is 5.67. The molecule has 0 aromatic carbocycles. The Hall–Kier alpha value is -0.740. The number of nitrogens with zero attached hydrogens (tertiary/aromatic N) is 2. The summed E-state index contributed by atoms with van der Waals surface area (Å²) in [6.07, 6.45) is 1.73. The van der Waals surface area contributed by atoms with Gasteiger partial charge in [-0.25, -0.2) is 4.98 Å². The Morgan fingerprint density at radius 3 is 2.62 bits per heavy atom. The van der Waals surface area contributed by atoms with Crippen LogP contribution in [-0.4, -0.2) is 35.3 Å². The number of anilines is 1. The van der Waals surface area contributed by atoms with Crippen molar-refractivity contribution in [2.24, 2.45) is 0 Å². The van der Waals surface area contributed by atoms with E-state index < -0.39 is 0 Å². The second kappa shape index (κ2) is 6.76. The largest absolute Gasteiger partial charge is 0.397 e. The van der Waals surface area contributed by atoms with Gasteiger partial charge in [0.25, 0.3) is 0 Å². The van der Waals surface area contributed by atoms with Crippen LogP contribution in [0.15, 0.2) is 17.3 Å². The monoisotopic (exact) mass is 239 g/mol. The lowest BCUT2D eigenvalue weighted by Gasteiger charge is -2.17. The molecule has 16 heavy (non-hydrogen) atoms. The normalized spacial score (nSPS) is 11.0. The van der Waals surface area contributed by atoms with Crippen molar-refractivity contribution in [3.63, 3.8) is 0 Å². The molecule has 0 aliphatic rings. The molecule has 0 fully saturated rings. The zero-order valence-electron chi connectivity index (χ0n) is 10.4. The van der Waals surface area contributed by atoms with E-state index in [0.29, 0.717) is 0 Å². The van der Waals surface area contributed by atoms with Crippen LogP contribution >= 0.6 is 11.8 Å². The number of nitrogen functional groups attached to an aromatic ring is 1. The van der Waals surface area contributed by atoms with E-state index in [1.54, 1.807) is 18.0 Å². The number of hydrogen-bond donors (Lipinski definition) is 1. The van der Waals surface area contributed by atoms with Gasteiger partial charge in [-0.15, -0.1) is 11.8 Å². The van der Waals surface area contributed by atoms with E-state index >= 15 is 0 Å². The lowest BCUT2D eigenvalue weighted by atomic mass is 10.3. The van der Waals surface area contributed by atoms with Crippen molar-refractivity contribution in [3.8, 4) is 0 Å². The van der Waals surface area contributed by atoms with Crippen LogP contribution in [0.5, 0.6) is 0 Å². The van der Waals surface area contributed by atoms with Gasteiger partial charge in [-0.1, -0.05) is 13.8 Å². The lowest BCUT2D eigenvalue weighted by Crippen LogP contribution is -2.25. The van der Waals surface area contributed by atoms with Crippen LogP contribution in [0.25, 0.3) is 0 Å². The first-order valence-corrected chi connectivity index (χ1v) is 6.73. The van der Waals surface area contributed by atoms with Crippen LogP contribution in [0, 0.1) is 6.92 Å². The van der Waals surface area contributed by atoms with Crippen molar-refractivity contribution < 1.29 is 0 Å². The highest BCUT2D eigenvalue weighted by Crippen LogP contribution is 2.20. The Labute approximate surface area is 102 Å². The molecule has 0 amide bonds. The molecule has 0 spiro atoms. The van der Waals surface area contributed by atoms with Gasteiger partial charge in [-0.2, -0.15) is 0 Å². The van der Waals surface area contributed by atoms with Crippen molar-refractivity contribution in [2.75, 3.05) is 31.1 Å². The minimum atomic E-state index is 0.741. The van der Waals surface area contributed by atoms with E-state index in [1.807, 2.05) is 6.07 Å². The van der Waals surface area contributed by atoms with Crippen LogP contribution in [-0.2, 0) is 0 Å². The number of aryl methyl sites for hydroxylation is 1. The Morgan fingerprint density at radius 2 is 2.06 bits per heavy atom. The first kappa shape index (κ1) is 13.3. The van der Waals surface area contributed by atoms with Crippen molar-refractivity contribution in [2.45, 2.75) is 25.8 Å². The Kier molecular flexibility index (Phi) is 5.63. The molecular weight excluding hydrogens is 218 g/mol. The summed E-state index contributed by atoms with van der Waals surface area (Å²) in [5, 5.41) is 1.10. The quantitative estimate of drug-likeness (QED) is 0.774. The fraction of sp³-hybridized carbons (Fsp3) is 0.583. The first-order valence-electron chi connectivity index (χ1n) is 5.74. The Bertz CT molecular complexity index is 324. The van der Waals surface area contributed by atoms with Crippen LogP contribution < -0.4 is 5.73 Å². The molecule has 1 rings (SSSR count). The molecule has 90 valence electrons. The van der Waals surface area contributed by atoms with Gasteiger partial charge < -0.3 is 10.6 Å². The third kappa shape index (κ3) is 4.02. The second-order valence-corrected chi connectivity index (χ2v) is 4.85. The molecule has 0 saturated carbocycles. The summed E-state index contributed by atoms with van der Waals surface area (Å²) in [6, 6.07) is 1.98. The summed E-state index contributed by atoms with van der Waals surface area (Å²) in [5.41, 5.74) is 7.58. The average molecular weight is 239 g/mol. The molecule has 1 aromatic heterocycles. The summed E-state index contributed by atoms with van der Waals surface area (Å²) in [7, 11) is 0. The highest BCUT2D eigenvalue weighted by Gasteiger charge is 2.03. The van der Waals surface area contributed by atoms with Gasteiger partial charge in [0.2, 0.25) is 0 Å². The zero-order chi connectivity index (χ0) is 12.0. The van der Waals surface area contributed by atoms with Crippen molar-refractivity contribution in [1.82, 2.24) is 9.88 Å². The molecule has 0 aliphatic heterocycles. The molecule has 0 bridgehead atoms. The van der Waals surface area contributed by atoms with Crippen LogP contribution in [0.3, 0.4) is 0 Å².